The molecule has 0 aliphatic heterocycles. The van der Waals surface area contributed by atoms with Crippen LogP contribution in [0.2, 0.25) is 5.02 Å². The molecule has 0 aliphatic rings. The van der Waals surface area contributed by atoms with E-state index in [0.717, 1.165) is 10.7 Å². The second-order valence-corrected chi connectivity index (χ2v) is 7.76. The number of anilines is 2. The fraction of sp³-hybridized carbons (Fsp3) is 0.375. The van der Waals surface area contributed by atoms with Crippen LogP contribution in [-0.4, -0.2) is 25.0 Å². The average molecular weight is 338 g/mol. The third-order valence-electron chi connectivity index (χ3n) is 3.06. The van der Waals surface area contributed by atoms with E-state index in [2.05, 4.69) is 31.1 Å². The first-order chi connectivity index (χ1) is 10.2. The van der Waals surface area contributed by atoms with Gasteiger partial charge in [0.2, 0.25) is 0 Å². The third-order valence-corrected chi connectivity index (χ3v) is 4.72. The lowest BCUT2D eigenvalue weighted by atomic mass is 9.98. The van der Waals surface area contributed by atoms with Gasteiger partial charge in [-0.05, 0) is 18.2 Å². The molecule has 0 radical (unpaired) electrons. The highest BCUT2D eigenvalue weighted by Crippen LogP contribution is 2.30. The number of hydrogen-bond acceptors (Lipinski definition) is 4. The number of nitrogens with zero attached hydrogens (tertiary/aromatic N) is 2. The van der Waals surface area contributed by atoms with Gasteiger partial charge in [0.1, 0.15) is 4.88 Å². The van der Waals surface area contributed by atoms with E-state index in [1.165, 1.54) is 11.3 Å². The Labute approximate surface area is 140 Å². The number of benzene rings is 1. The first-order valence-corrected chi connectivity index (χ1v) is 8.12. The summed E-state index contributed by atoms with van der Waals surface area (Å²) in [4.78, 5) is 19.3. The van der Waals surface area contributed by atoms with Gasteiger partial charge in [0.05, 0.1) is 22.6 Å². The fourth-order valence-electron chi connectivity index (χ4n) is 1.91. The van der Waals surface area contributed by atoms with Gasteiger partial charge in [0, 0.05) is 24.5 Å². The molecule has 1 N–H and O–H groups in total. The highest BCUT2D eigenvalue weighted by atomic mass is 35.5. The van der Waals surface area contributed by atoms with E-state index >= 15 is 0 Å². The number of rotatable bonds is 3. The zero-order valence-electron chi connectivity index (χ0n) is 13.4. The molecule has 1 heterocycles. The molecule has 22 heavy (non-hydrogen) atoms. The molecule has 0 unspecified atom stereocenters. The van der Waals surface area contributed by atoms with Gasteiger partial charge in [-0.15, -0.1) is 11.3 Å². The zero-order valence-corrected chi connectivity index (χ0v) is 15.0. The first-order valence-electron chi connectivity index (χ1n) is 6.93. The van der Waals surface area contributed by atoms with Crippen molar-refractivity contribution >= 4 is 40.2 Å². The van der Waals surface area contributed by atoms with E-state index in [1.807, 2.05) is 25.1 Å². The number of hydrogen-bond donors (Lipinski definition) is 1. The van der Waals surface area contributed by atoms with E-state index in [-0.39, 0.29) is 11.3 Å². The summed E-state index contributed by atoms with van der Waals surface area (Å²) in [7, 11) is 3.84. The minimum absolute atomic E-state index is 0.0615. The monoisotopic (exact) mass is 337 g/mol. The summed E-state index contributed by atoms with van der Waals surface area (Å²) in [6.07, 6.45) is 1.63. The lowest BCUT2D eigenvalue weighted by Crippen LogP contribution is -2.16. The maximum Gasteiger partial charge on any atom is 0.267 e. The number of thiazole rings is 1. The summed E-state index contributed by atoms with van der Waals surface area (Å²) in [5, 5.41) is 4.44. The molecule has 4 nitrogen and oxygen atoms in total. The Morgan fingerprint density at radius 3 is 2.55 bits per heavy atom. The van der Waals surface area contributed by atoms with Crippen molar-refractivity contribution in [2.24, 2.45) is 0 Å². The van der Waals surface area contributed by atoms with Crippen molar-refractivity contribution in [1.29, 1.82) is 0 Å². The van der Waals surface area contributed by atoms with Gasteiger partial charge in [-0.3, -0.25) is 4.79 Å². The minimum Gasteiger partial charge on any atom is -0.376 e. The van der Waals surface area contributed by atoms with Crippen molar-refractivity contribution in [2.75, 3.05) is 24.3 Å². The van der Waals surface area contributed by atoms with E-state index in [0.29, 0.717) is 15.6 Å². The number of nitrogens with one attached hydrogen (secondary N) is 1. The van der Waals surface area contributed by atoms with Crippen LogP contribution in [-0.2, 0) is 5.41 Å². The Morgan fingerprint density at radius 2 is 2.00 bits per heavy atom. The summed E-state index contributed by atoms with van der Waals surface area (Å²) in [5.41, 5.74) is 1.53. The van der Waals surface area contributed by atoms with Crippen LogP contribution in [0.4, 0.5) is 11.4 Å². The van der Waals surface area contributed by atoms with Crippen molar-refractivity contribution in [1.82, 2.24) is 4.98 Å². The third kappa shape index (κ3) is 3.78. The Hall–Kier alpha value is -1.59. The Bertz CT molecular complexity index is 689. The van der Waals surface area contributed by atoms with Crippen LogP contribution >= 0.6 is 22.9 Å². The van der Waals surface area contributed by atoms with Crippen molar-refractivity contribution in [3.05, 3.63) is 39.3 Å². The van der Waals surface area contributed by atoms with E-state index < -0.39 is 0 Å². The molecule has 2 aromatic rings. The molecule has 1 aromatic heterocycles. The maximum atomic E-state index is 12.4. The molecule has 0 bridgehead atoms. The molecule has 0 fully saturated rings. The molecule has 118 valence electrons. The van der Waals surface area contributed by atoms with Crippen LogP contribution in [0.3, 0.4) is 0 Å². The van der Waals surface area contributed by atoms with Crippen LogP contribution in [0.25, 0.3) is 0 Å². The van der Waals surface area contributed by atoms with Gasteiger partial charge in [0.15, 0.2) is 0 Å². The van der Waals surface area contributed by atoms with E-state index in [4.69, 9.17) is 11.6 Å². The van der Waals surface area contributed by atoms with Crippen LogP contribution in [0, 0.1) is 0 Å². The second kappa shape index (κ2) is 6.26. The topological polar surface area (TPSA) is 45.2 Å². The van der Waals surface area contributed by atoms with Gasteiger partial charge in [-0.1, -0.05) is 32.4 Å². The molecule has 0 saturated carbocycles. The predicted octanol–water partition coefficient (Wildman–Crippen LogP) is 4.41. The van der Waals surface area contributed by atoms with Gasteiger partial charge in [-0.25, -0.2) is 4.98 Å². The molecule has 1 aromatic carbocycles. The van der Waals surface area contributed by atoms with Crippen LogP contribution in [0.15, 0.2) is 24.4 Å². The summed E-state index contributed by atoms with van der Waals surface area (Å²) >= 11 is 7.45. The summed E-state index contributed by atoms with van der Waals surface area (Å²) in [6.45, 7) is 6.23. The largest absolute Gasteiger partial charge is 0.376 e. The number of carbonyl (C=O) groups excluding carboxylic acids is 1. The van der Waals surface area contributed by atoms with Crippen molar-refractivity contribution in [3.8, 4) is 0 Å². The predicted molar refractivity (Wildman–Crippen MR) is 94.5 cm³/mol. The molecule has 6 heteroatoms. The zero-order chi connectivity index (χ0) is 16.5. The van der Waals surface area contributed by atoms with Gasteiger partial charge >= 0.3 is 0 Å². The molecular weight excluding hydrogens is 318 g/mol. The standard InChI is InChI=1S/C16H20ClN3OS/c1-16(2,3)15-18-9-13(22-15)14(21)19-11-8-10(17)6-7-12(11)20(4)5/h6-9H,1-5H3,(H,19,21). The number of carbonyl (C=O) groups is 1. The van der Waals surface area contributed by atoms with Crippen LogP contribution in [0.5, 0.6) is 0 Å². The summed E-state index contributed by atoms with van der Waals surface area (Å²) < 4.78 is 0. The van der Waals surface area contributed by atoms with Crippen molar-refractivity contribution in [2.45, 2.75) is 26.2 Å². The molecule has 0 saturated heterocycles. The first kappa shape index (κ1) is 16.8. The van der Waals surface area contributed by atoms with E-state index in [9.17, 15) is 4.79 Å². The molecule has 2 rings (SSSR count). The van der Waals surface area contributed by atoms with Crippen LogP contribution in [0.1, 0.15) is 35.5 Å². The SMILES string of the molecule is CN(C)c1ccc(Cl)cc1NC(=O)c1cnc(C(C)(C)C)s1. The minimum atomic E-state index is -0.168. The highest BCUT2D eigenvalue weighted by molar-refractivity contribution is 7.13. The summed E-state index contributed by atoms with van der Waals surface area (Å²) in [5.74, 6) is -0.168. The number of amides is 1. The average Bonchev–Trinajstić information content (AvgIpc) is 2.87. The smallest absolute Gasteiger partial charge is 0.267 e. The van der Waals surface area contributed by atoms with Crippen molar-refractivity contribution < 1.29 is 4.79 Å². The van der Waals surface area contributed by atoms with Crippen molar-refractivity contribution in [3.63, 3.8) is 0 Å². The van der Waals surface area contributed by atoms with Crippen LogP contribution < -0.4 is 10.2 Å². The van der Waals surface area contributed by atoms with Gasteiger partial charge in [-0.2, -0.15) is 0 Å². The summed E-state index contributed by atoms with van der Waals surface area (Å²) in [6, 6.07) is 5.43. The lowest BCUT2D eigenvalue weighted by molar-refractivity contribution is 0.103. The maximum absolute atomic E-state index is 12.4. The molecular formula is C16H20ClN3OS. The van der Waals surface area contributed by atoms with Gasteiger partial charge < -0.3 is 10.2 Å². The molecule has 0 atom stereocenters. The normalized spacial score (nSPS) is 11.4. The second-order valence-electron chi connectivity index (χ2n) is 6.29. The Balaban J connectivity index is 2.26. The molecule has 0 spiro atoms. The van der Waals surface area contributed by atoms with Gasteiger partial charge in [0.25, 0.3) is 5.91 Å². The number of halogens is 1. The lowest BCUT2D eigenvalue weighted by Gasteiger charge is -2.18. The molecule has 1 amide bonds. The number of aromatic nitrogens is 1. The Morgan fingerprint density at radius 1 is 1.32 bits per heavy atom. The quantitative estimate of drug-likeness (QED) is 0.902. The van der Waals surface area contributed by atoms with E-state index in [1.54, 1.807) is 18.3 Å². The Kier molecular flexibility index (Phi) is 4.78. The molecule has 0 aliphatic carbocycles. The fourth-order valence-corrected chi connectivity index (χ4v) is 2.95. The highest BCUT2D eigenvalue weighted by Gasteiger charge is 2.21.